The Labute approximate surface area is 155 Å². The molecule has 0 unspecified atom stereocenters. The van der Waals surface area contributed by atoms with Crippen LogP contribution >= 0.6 is 0 Å². The van der Waals surface area contributed by atoms with E-state index in [1.54, 1.807) is 12.1 Å². The van der Waals surface area contributed by atoms with E-state index in [2.05, 4.69) is 13.0 Å². The Bertz CT molecular complexity index is 775. The number of benzene rings is 2. The predicted octanol–water partition coefficient (Wildman–Crippen LogP) is 4.40. The fourth-order valence-corrected chi connectivity index (χ4v) is 3.46. The van der Waals surface area contributed by atoms with E-state index in [0.717, 1.165) is 36.9 Å². The van der Waals surface area contributed by atoms with Gasteiger partial charge in [-0.15, -0.1) is 0 Å². The molecule has 0 N–H and O–H groups in total. The van der Waals surface area contributed by atoms with Crippen LogP contribution in [0.4, 0.5) is 0 Å². The molecule has 134 valence electrons. The zero-order valence-electron chi connectivity index (χ0n) is 15.1. The Morgan fingerprint density at radius 1 is 1.12 bits per heavy atom. The van der Waals surface area contributed by atoms with Gasteiger partial charge in [0, 0.05) is 12.6 Å². The van der Waals surface area contributed by atoms with Crippen molar-refractivity contribution in [2.24, 2.45) is 0 Å². The van der Waals surface area contributed by atoms with E-state index < -0.39 is 0 Å². The number of rotatable bonds is 5. The topological polar surface area (TPSA) is 53.3 Å². The number of carbonyl (C=O) groups excluding carboxylic acids is 1. The van der Waals surface area contributed by atoms with Gasteiger partial charge < -0.3 is 9.64 Å². The highest BCUT2D eigenvalue weighted by Crippen LogP contribution is 2.23. The molecule has 2 aromatic carbocycles. The van der Waals surface area contributed by atoms with E-state index in [4.69, 9.17) is 10.00 Å². The SMILES string of the molecule is CC[C@H]1CCCCN1C(=O)COc1ccc(-c2ccc(C#N)cc2)cc1. The molecular weight excluding hydrogens is 324 g/mol. The number of nitriles is 1. The quantitative estimate of drug-likeness (QED) is 0.805. The molecule has 0 aliphatic carbocycles. The van der Waals surface area contributed by atoms with E-state index >= 15 is 0 Å². The molecule has 0 radical (unpaired) electrons. The summed E-state index contributed by atoms with van der Waals surface area (Å²) in [5, 5.41) is 8.87. The summed E-state index contributed by atoms with van der Waals surface area (Å²) in [6.45, 7) is 3.07. The van der Waals surface area contributed by atoms with Crippen molar-refractivity contribution in [1.82, 2.24) is 4.90 Å². The molecule has 4 nitrogen and oxygen atoms in total. The van der Waals surface area contributed by atoms with E-state index in [-0.39, 0.29) is 12.5 Å². The average molecular weight is 348 g/mol. The van der Waals surface area contributed by atoms with Crippen LogP contribution < -0.4 is 4.74 Å². The molecule has 2 aromatic rings. The maximum absolute atomic E-state index is 12.5. The number of nitrogens with zero attached hydrogens (tertiary/aromatic N) is 2. The summed E-state index contributed by atoms with van der Waals surface area (Å²) < 4.78 is 5.71. The Morgan fingerprint density at radius 3 is 2.38 bits per heavy atom. The minimum Gasteiger partial charge on any atom is -0.484 e. The fourth-order valence-electron chi connectivity index (χ4n) is 3.46. The van der Waals surface area contributed by atoms with Gasteiger partial charge in [0.25, 0.3) is 5.91 Å². The molecule has 1 amide bonds. The van der Waals surface area contributed by atoms with Crippen LogP contribution in [0, 0.1) is 11.3 Å². The van der Waals surface area contributed by atoms with Gasteiger partial charge >= 0.3 is 0 Å². The summed E-state index contributed by atoms with van der Waals surface area (Å²) in [6.07, 6.45) is 4.40. The third-order valence-electron chi connectivity index (χ3n) is 4.98. The largest absolute Gasteiger partial charge is 0.484 e. The highest BCUT2D eigenvalue weighted by Gasteiger charge is 2.25. The molecule has 1 saturated heterocycles. The monoisotopic (exact) mass is 348 g/mol. The first kappa shape index (κ1) is 18.0. The lowest BCUT2D eigenvalue weighted by Crippen LogP contribution is -2.45. The van der Waals surface area contributed by atoms with E-state index in [9.17, 15) is 4.79 Å². The summed E-state index contributed by atoms with van der Waals surface area (Å²) in [4.78, 5) is 14.4. The van der Waals surface area contributed by atoms with Crippen LogP contribution in [0.25, 0.3) is 11.1 Å². The number of piperidine rings is 1. The molecule has 26 heavy (non-hydrogen) atoms. The van der Waals surface area contributed by atoms with Gasteiger partial charge in [-0.1, -0.05) is 31.2 Å². The number of ether oxygens (including phenoxy) is 1. The molecule has 1 heterocycles. The number of carbonyl (C=O) groups is 1. The molecule has 1 atom stereocenters. The standard InChI is InChI=1S/C22H24N2O2/c1-2-20-5-3-4-14-24(20)22(25)16-26-21-12-10-19(11-13-21)18-8-6-17(15-23)7-9-18/h6-13,20H,2-5,14,16H2,1H3/t20-/m0/s1. The van der Waals surface area contributed by atoms with Crippen molar-refractivity contribution in [3.63, 3.8) is 0 Å². The summed E-state index contributed by atoms with van der Waals surface area (Å²) in [5.41, 5.74) is 2.75. The summed E-state index contributed by atoms with van der Waals surface area (Å²) in [7, 11) is 0. The van der Waals surface area contributed by atoms with E-state index in [1.165, 1.54) is 6.42 Å². The molecule has 1 fully saturated rings. The second-order valence-corrected chi connectivity index (χ2v) is 6.65. The van der Waals surface area contributed by atoms with E-state index in [0.29, 0.717) is 17.4 Å². The Hall–Kier alpha value is -2.80. The van der Waals surface area contributed by atoms with Crippen LogP contribution in [-0.4, -0.2) is 30.0 Å². The lowest BCUT2D eigenvalue weighted by Gasteiger charge is -2.35. The van der Waals surface area contributed by atoms with Crippen LogP contribution in [0.5, 0.6) is 5.75 Å². The first-order valence-corrected chi connectivity index (χ1v) is 9.24. The Morgan fingerprint density at radius 2 is 1.77 bits per heavy atom. The lowest BCUT2D eigenvalue weighted by atomic mass is 10.00. The highest BCUT2D eigenvalue weighted by atomic mass is 16.5. The summed E-state index contributed by atoms with van der Waals surface area (Å²) in [5.74, 6) is 0.772. The van der Waals surface area contributed by atoms with Crippen molar-refractivity contribution in [1.29, 1.82) is 5.26 Å². The first-order chi connectivity index (χ1) is 12.7. The van der Waals surface area contributed by atoms with Crippen molar-refractivity contribution < 1.29 is 9.53 Å². The zero-order chi connectivity index (χ0) is 18.4. The number of likely N-dealkylation sites (tertiary alicyclic amines) is 1. The van der Waals surface area contributed by atoms with Gasteiger partial charge in [0.05, 0.1) is 11.6 Å². The van der Waals surface area contributed by atoms with Gasteiger partial charge in [-0.05, 0) is 61.1 Å². The maximum atomic E-state index is 12.5. The Kier molecular flexibility index (Phi) is 5.91. The van der Waals surface area contributed by atoms with Crippen molar-refractivity contribution in [3.8, 4) is 22.9 Å². The Balaban J connectivity index is 1.58. The molecule has 0 saturated carbocycles. The van der Waals surface area contributed by atoms with Crippen LogP contribution in [0.1, 0.15) is 38.2 Å². The number of amides is 1. The van der Waals surface area contributed by atoms with E-state index in [1.807, 2.05) is 41.3 Å². The van der Waals surface area contributed by atoms with Crippen molar-refractivity contribution in [2.45, 2.75) is 38.6 Å². The van der Waals surface area contributed by atoms with Crippen molar-refractivity contribution in [2.75, 3.05) is 13.2 Å². The van der Waals surface area contributed by atoms with Crippen LogP contribution in [-0.2, 0) is 4.79 Å². The van der Waals surface area contributed by atoms with Crippen LogP contribution in [0.15, 0.2) is 48.5 Å². The van der Waals surface area contributed by atoms with Gasteiger partial charge in [-0.3, -0.25) is 4.79 Å². The van der Waals surface area contributed by atoms with Gasteiger partial charge in [-0.25, -0.2) is 0 Å². The van der Waals surface area contributed by atoms with Gasteiger partial charge in [-0.2, -0.15) is 5.26 Å². The van der Waals surface area contributed by atoms with Crippen LogP contribution in [0.3, 0.4) is 0 Å². The van der Waals surface area contributed by atoms with Gasteiger partial charge in [0.2, 0.25) is 0 Å². The smallest absolute Gasteiger partial charge is 0.260 e. The van der Waals surface area contributed by atoms with Crippen LogP contribution in [0.2, 0.25) is 0 Å². The molecular formula is C22H24N2O2. The normalized spacial score (nSPS) is 16.8. The minimum atomic E-state index is 0.0766. The van der Waals surface area contributed by atoms with Gasteiger partial charge in [0.15, 0.2) is 6.61 Å². The third kappa shape index (κ3) is 4.23. The van der Waals surface area contributed by atoms with Gasteiger partial charge in [0.1, 0.15) is 5.75 Å². The average Bonchev–Trinajstić information content (AvgIpc) is 2.72. The molecule has 3 rings (SSSR count). The lowest BCUT2D eigenvalue weighted by molar-refractivity contribution is -0.137. The zero-order valence-corrected chi connectivity index (χ0v) is 15.1. The third-order valence-corrected chi connectivity index (χ3v) is 4.98. The maximum Gasteiger partial charge on any atom is 0.260 e. The number of hydrogen-bond donors (Lipinski definition) is 0. The molecule has 1 aliphatic heterocycles. The van der Waals surface area contributed by atoms with Crippen molar-refractivity contribution in [3.05, 3.63) is 54.1 Å². The molecule has 1 aliphatic rings. The summed E-state index contributed by atoms with van der Waals surface area (Å²) >= 11 is 0. The molecule has 4 heteroatoms. The molecule has 0 bridgehead atoms. The highest BCUT2D eigenvalue weighted by molar-refractivity contribution is 5.78. The minimum absolute atomic E-state index is 0.0766. The molecule has 0 spiro atoms. The fraction of sp³-hybridized carbons (Fsp3) is 0.364. The predicted molar refractivity (Wildman–Crippen MR) is 102 cm³/mol. The second-order valence-electron chi connectivity index (χ2n) is 6.65. The molecule has 0 aromatic heterocycles. The number of hydrogen-bond acceptors (Lipinski definition) is 3. The summed E-state index contributed by atoms with van der Waals surface area (Å²) in [6, 6.07) is 17.7. The van der Waals surface area contributed by atoms with Crippen molar-refractivity contribution >= 4 is 5.91 Å². The first-order valence-electron chi connectivity index (χ1n) is 9.24. The second kappa shape index (κ2) is 8.53.